The molecule has 0 saturated carbocycles. The van der Waals surface area contributed by atoms with Crippen LogP contribution in [0.5, 0.6) is 11.5 Å². The summed E-state index contributed by atoms with van der Waals surface area (Å²) in [5.74, 6) is -0.553. The summed E-state index contributed by atoms with van der Waals surface area (Å²) in [7, 11) is 1.54. The van der Waals surface area contributed by atoms with Gasteiger partial charge in [0.2, 0.25) is 0 Å². The number of rotatable bonds is 7. The highest BCUT2D eigenvalue weighted by Crippen LogP contribution is 2.28. The number of nitrogens with zero attached hydrogens (tertiary/aromatic N) is 1. The number of hydrazone groups is 1. The first kappa shape index (κ1) is 21.6. The van der Waals surface area contributed by atoms with Gasteiger partial charge in [0, 0.05) is 5.69 Å². The Hall–Kier alpha value is -4.13. The van der Waals surface area contributed by atoms with Gasteiger partial charge in [-0.1, -0.05) is 48.0 Å². The molecule has 0 aliphatic rings. The van der Waals surface area contributed by atoms with Gasteiger partial charge in [-0.3, -0.25) is 9.59 Å². The molecule has 31 heavy (non-hydrogen) atoms. The number of benzene rings is 3. The molecule has 2 amide bonds. The Morgan fingerprint density at radius 1 is 0.935 bits per heavy atom. The van der Waals surface area contributed by atoms with Crippen molar-refractivity contribution in [2.75, 3.05) is 12.4 Å². The minimum absolute atomic E-state index is 0.413. The van der Waals surface area contributed by atoms with Crippen LogP contribution in [0.2, 0.25) is 0 Å². The average molecular weight is 417 g/mol. The lowest BCUT2D eigenvalue weighted by Crippen LogP contribution is -2.32. The van der Waals surface area contributed by atoms with Crippen molar-refractivity contribution in [1.29, 1.82) is 0 Å². The molecule has 7 nitrogen and oxygen atoms in total. The number of amides is 2. The van der Waals surface area contributed by atoms with E-state index in [1.165, 1.54) is 6.21 Å². The van der Waals surface area contributed by atoms with Gasteiger partial charge in [0.05, 0.1) is 13.3 Å². The third-order valence-corrected chi connectivity index (χ3v) is 4.32. The molecule has 3 aromatic carbocycles. The first-order valence-electron chi connectivity index (χ1n) is 9.61. The molecule has 7 heteroatoms. The van der Waals surface area contributed by atoms with Crippen LogP contribution in [0.15, 0.2) is 77.9 Å². The van der Waals surface area contributed by atoms with Crippen LogP contribution in [-0.4, -0.2) is 25.1 Å². The molecule has 0 atom stereocenters. The molecule has 0 saturated heterocycles. The van der Waals surface area contributed by atoms with Crippen molar-refractivity contribution in [2.45, 2.75) is 13.5 Å². The number of hydrogen-bond acceptors (Lipinski definition) is 5. The fourth-order valence-corrected chi connectivity index (χ4v) is 2.66. The second-order valence-electron chi connectivity index (χ2n) is 6.70. The lowest BCUT2D eigenvalue weighted by Gasteiger charge is -2.11. The van der Waals surface area contributed by atoms with Crippen LogP contribution in [0, 0.1) is 6.92 Å². The first-order valence-corrected chi connectivity index (χ1v) is 9.61. The van der Waals surface area contributed by atoms with E-state index in [2.05, 4.69) is 15.8 Å². The molecule has 2 N–H and O–H groups in total. The third-order valence-electron chi connectivity index (χ3n) is 4.32. The van der Waals surface area contributed by atoms with Crippen molar-refractivity contribution < 1.29 is 19.1 Å². The van der Waals surface area contributed by atoms with E-state index in [1.807, 2.05) is 49.4 Å². The molecule has 0 heterocycles. The summed E-state index contributed by atoms with van der Waals surface area (Å²) in [6.07, 6.45) is 1.42. The number of carbonyl (C=O) groups is 2. The molecule has 0 unspecified atom stereocenters. The van der Waals surface area contributed by atoms with Gasteiger partial charge in [-0.05, 0) is 48.4 Å². The van der Waals surface area contributed by atoms with E-state index < -0.39 is 11.8 Å². The third kappa shape index (κ3) is 6.43. The standard InChI is InChI=1S/C24H23N3O4/c1-17-8-11-20(12-9-17)26-23(28)24(29)27-25-15-19-10-13-21(22(14-19)30-2)31-16-18-6-4-3-5-7-18/h3-15H,16H2,1-2H3,(H,26,28)(H,27,29)/b25-15-. The van der Waals surface area contributed by atoms with Gasteiger partial charge < -0.3 is 14.8 Å². The van der Waals surface area contributed by atoms with Gasteiger partial charge in [-0.15, -0.1) is 0 Å². The van der Waals surface area contributed by atoms with Gasteiger partial charge in [0.1, 0.15) is 6.61 Å². The van der Waals surface area contributed by atoms with E-state index in [9.17, 15) is 9.59 Å². The molecule has 0 bridgehead atoms. The number of methoxy groups -OCH3 is 1. The van der Waals surface area contributed by atoms with Crippen LogP contribution in [0.4, 0.5) is 5.69 Å². The minimum Gasteiger partial charge on any atom is -0.493 e. The maximum Gasteiger partial charge on any atom is 0.329 e. The molecule has 0 aliphatic heterocycles. The van der Waals surface area contributed by atoms with Gasteiger partial charge in [0.25, 0.3) is 0 Å². The monoisotopic (exact) mass is 417 g/mol. The molecule has 3 aromatic rings. The lowest BCUT2D eigenvalue weighted by molar-refractivity contribution is -0.136. The Kier molecular flexibility index (Phi) is 7.37. The van der Waals surface area contributed by atoms with E-state index in [4.69, 9.17) is 9.47 Å². The molecular weight excluding hydrogens is 394 g/mol. The minimum atomic E-state index is -0.869. The molecule has 0 radical (unpaired) electrons. The molecule has 3 rings (SSSR count). The summed E-state index contributed by atoms with van der Waals surface area (Å²) in [6, 6.07) is 22.2. The SMILES string of the molecule is COc1cc(/C=N\NC(=O)C(=O)Nc2ccc(C)cc2)ccc1OCc1ccccc1. The lowest BCUT2D eigenvalue weighted by atomic mass is 10.2. The van der Waals surface area contributed by atoms with Crippen LogP contribution in [0.3, 0.4) is 0 Å². The summed E-state index contributed by atoms with van der Waals surface area (Å²) in [4.78, 5) is 23.9. The van der Waals surface area contributed by atoms with Crippen LogP contribution < -0.4 is 20.2 Å². The van der Waals surface area contributed by atoms with Crippen molar-refractivity contribution in [3.05, 3.63) is 89.5 Å². The molecule has 0 aromatic heterocycles. The van der Waals surface area contributed by atoms with Gasteiger partial charge >= 0.3 is 11.8 Å². The predicted molar refractivity (Wildman–Crippen MR) is 119 cm³/mol. The maximum atomic E-state index is 11.9. The zero-order valence-electron chi connectivity index (χ0n) is 17.3. The van der Waals surface area contributed by atoms with Crippen molar-refractivity contribution in [2.24, 2.45) is 5.10 Å². The molecular formula is C24H23N3O4. The second-order valence-corrected chi connectivity index (χ2v) is 6.70. The van der Waals surface area contributed by atoms with Gasteiger partial charge in [-0.25, -0.2) is 5.43 Å². The van der Waals surface area contributed by atoms with E-state index in [0.717, 1.165) is 11.1 Å². The van der Waals surface area contributed by atoms with Crippen molar-refractivity contribution >= 4 is 23.7 Å². The van der Waals surface area contributed by atoms with Gasteiger partial charge in [0.15, 0.2) is 11.5 Å². The van der Waals surface area contributed by atoms with E-state index >= 15 is 0 Å². The Bertz CT molecular complexity index is 1060. The van der Waals surface area contributed by atoms with E-state index in [-0.39, 0.29) is 0 Å². The van der Waals surface area contributed by atoms with Crippen molar-refractivity contribution in [3.8, 4) is 11.5 Å². The maximum absolute atomic E-state index is 11.9. The smallest absolute Gasteiger partial charge is 0.329 e. The zero-order chi connectivity index (χ0) is 22.1. The summed E-state index contributed by atoms with van der Waals surface area (Å²) in [5, 5.41) is 6.34. The fraction of sp³-hybridized carbons (Fsp3) is 0.125. The molecule has 158 valence electrons. The average Bonchev–Trinajstić information content (AvgIpc) is 2.80. The van der Waals surface area contributed by atoms with Crippen LogP contribution in [0.1, 0.15) is 16.7 Å². The highest BCUT2D eigenvalue weighted by molar-refractivity contribution is 6.39. The van der Waals surface area contributed by atoms with E-state index in [1.54, 1.807) is 37.4 Å². The Balaban J connectivity index is 1.55. The highest BCUT2D eigenvalue weighted by atomic mass is 16.5. The second kappa shape index (κ2) is 10.6. The van der Waals surface area contributed by atoms with Crippen LogP contribution in [-0.2, 0) is 16.2 Å². The number of anilines is 1. The fourth-order valence-electron chi connectivity index (χ4n) is 2.66. The quantitative estimate of drug-likeness (QED) is 0.349. The Morgan fingerprint density at radius 3 is 2.39 bits per heavy atom. The summed E-state index contributed by atoms with van der Waals surface area (Å²) >= 11 is 0. The van der Waals surface area contributed by atoms with Crippen LogP contribution >= 0.6 is 0 Å². The Labute approximate surface area is 180 Å². The number of aryl methyl sites for hydroxylation is 1. The number of carbonyl (C=O) groups excluding carboxylic acids is 2. The summed E-state index contributed by atoms with van der Waals surface area (Å²) < 4.78 is 11.2. The largest absolute Gasteiger partial charge is 0.493 e. The zero-order valence-corrected chi connectivity index (χ0v) is 17.3. The highest BCUT2D eigenvalue weighted by Gasteiger charge is 2.12. The van der Waals surface area contributed by atoms with Crippen LogP contribution in [0.25, 0.3) is 0 Å². The summed E-state index contributed by atoms with van der Waals surface area (Å²) in [6.45, 7) is 2.35. The number of nitrogens with one attached hydrogen (secondary N) is 2. The molecule has 0 aliphatic carbocycles. The normalized spacial score (nSPS) is 10.5. The van der Waals surface area contributed by atoms with E-state index in [0.29, 0.717) is 29.4 Å². The van der Waals surface area contributed by atoms with Crippen molar-refractivity contribution in [1.82, 2.24) is 5.43 Å². The van der Waals surface area contributed by atoms with Gasteiger partial charge in [-0.2, -0.15) is 5.10 Å². The molecule has 0 fully saturated rings. The predicted octanol–water partition coefficient (Wildman–Crippen LogP) is 3.67. The Morgan fingerprint density at radius 2 is 1.68 bits per heavy atom. The summed E-state index contributed by atoms with van der Waals surface area (Å²) in [5.41, 5.74) is 5.51. The first-order chi connectivity index (χ1) is 15.0. The number of hydrogen-bond donors (Lipinski definition) is 2. The molecule has 0 spiro atoms. The topological polar surface area (TPSA) is 89.0 Å². The van der Waals surface area contributed by atoms with Crippen molar-refractivity contribution in [3.63, 3.8) is 0 Å². The number of ether oxygens (including phenoxy) is 2.